The minimum atomic E-state index is -4.93. The van der Waals surface area contributed by atoms with Gasteiger partial charge in [-0.3, -0.25) is 14.1 Å². The van der Waals surface area contributed by atoms with Crippen LogP contribution in [0.1, 0.15) is 46.5 Å². The summed E-state index contributed by atoms with van der Waals surface area (Å²) < 4.78 is 32.5. The summed E-state index contributed by atoms with van der Waals surface area (Å²) in [7, 11) is -4.93. The number of fused-ring (bicyclic) bond motifs is 5. The van der Waals surface area contributed by atoms with Gasteiger partial charge in [0.2, 0.25) is 0 Å². The molecule has 4 aliphatic rings. The van der Waals surface area contributed by atoms with Crippen molar-refractivity contribution in [3.8, 4) is 0 Å². The monoisotopic (exact) mass is 472 g/mol. The number of alkyl halides is 1. The molecule has 0 saturated heterocycles. The fraction of sp³-hybridized carbons (Fsp3) is 0.727. The Morgan fingerprint density at radius 1 is 1.31 bits per heavy atom. The molecule has 6 unspecified atom stereocenters. The lowest BCUT2D eigenvalue weighted by atomic mass is 9.44. The molecule has 0 aliphatic heterocycles. The van der Waals surface area contributed by atoms with E-state index in [1.54, 1.807) is 20.8 Å². The maximum Gasteiger partial charge on any atom is 0.470 e. The highest BCUT2D eigenvalue weighted by molar-refractivity contribution is 7.46. The van der Waals surface area contributed by atoms with Crippen LogP contribution in [0.15, 0.2) is 23.8 Å². The molecule has 8 nitrogen and oxygen atoms in total. The van der Waals surface area contributed by atoms with Crippen molar-refractivity contribution in [2.45, 2.75) is 63.8 Å². The summed E-state index contributed by atoms with van der Waals surface area (Å²) in [6.07, 6.45) is 3.70. The summed E-state index contributed by atoms with van der Waals surface area (Å²) in [5.74, 6) is -2.87. The topological polar surface area (TPSA) is 141 Å². The van der Waals surface area contributed by atoms with E-state index in [-0.39, 0.29) is 12.2 Å². The Hall–Kier alpha value is -1.22. The number of hydrogen-bond donors (Lipinski definition) is 4. The van der Waals surface area contributed by atoms with E-state index < -0.39 is 66.2 Å². The largest absolute Gasteiger partial charge is 0.470 e. The molecule has 8 atom stereocenters. The number of ketones is 2. The molecule has 178 valence electrons. The fourth-order valence-corrected chi connectivity index (χ4v) is 7.68. The van der Waals surface area contributed by atoms with Gasteiger partial charge in [0.25, 0.3) is 0 Å². The van der Waals surface area contributed by atoms with Crippen LogP contribution in [0.5, 0.6) is 0 Å². The molecule has 0 aromatic rings. The number of phosphoric acid groups is 1. The summed E-state index contributed by atoms with van der Waals surface area (Å²) in [4.78, 5) is 42.8. The van der Waals surface area contributed by atoms with Crippen LogP contribution < -0.4 is 0 Å². The van der Waals surface area contributed by atoms with Crippen molar-refractivity contribution >= 4 is 19.4 Å². The van der Waals surface area contributed by atoms with E-state index >= 15 is 4.39 Å². The Labute approximate surface area is 185 Å². The zero-order valence-electron chi connectivity index (χ0n) is 18.3. The first kappa shape index (κ1) is 23.9. The smallest absolute Gasteiger partial charge is 0.390 e. The average molecular weight is 472 g/mol. The number of aliphatic hydroxyl groups excluding tert-OH is 1. The van der Waals surface area contributed by atoms with Crippen molar-refractivity contribution in [3.63, 3.8) is 0 Å². The first-order chi connectivity index (χ1) is 14.6. The fourth-order valence-electron chi connectivity index (χ4n) is 7.39. The SMILES string of the molecule is CC1CC2C3CCC4=CC(=O)C=CC4(C)[C@@]3(F)C(O)CC2(C)[C@@]1(O)C(=O)COP(=O)(O)O. The van der Waals surface area contributed by atoms with Crippen molar-refractivity contribution in [3.05, 3.63) is 23.8 Å². The van der Waals surface area contributed by atoms with Crippen LogP contribution in [-0.4, -0.2) is 55.5 Å². The first-order valence-electron chi connectivity index (χ1n) is 10.9. The van der Waals surface area contributed by atoms with Crippen LogP contribution >= 0.6 is 7.82 Å². The second kappa shape index (κ2) is 7.14. The molecular formula is C22H30FO8P. The lowest BCUT2D eigenvalue weighted by Gasteiger charge is -2.62. The number of hydrogen-bond acceptors (Lipinski definition) is 6. The van der Waals surface area contributed by atoms with Crippen molar-refractivity contribution in [2.24, 2.45) is 28.6 Å². The van der Waals surface area contributed by atoms with E-state index in [4.69, 9.17) is 9.79 Å². The lowest BCUT2D eigenvalue weighted by Crippen LogP contribution is -2.69. The van der Waals surface area contributed by atoms with Gasteiger partial charge in [0.15, 0.2) is 17.2 Å². The van der Waals surface area contributed by atoms with Gasteiger partial charge in [-0.1, -0.05) is 25.5 Å². The normalized spacial score (nSPS) is 48.0. The van der Waals surface area contributed by atoms with E-state index in [0.29, 0.717) is 24.8 Å². The van der Waals surface area contributed by atoms with Gasteiger partial charge in [0, 0.05) is 16.7 Å². The molecule has 3 saturated carbocycles. The maximum absolute atomic E-state index is 17.0. The maximum atomic E-state index is 17.0. The zero-order chi connectivity index (χ0) is 23.9. The van der Waals surface area contributed by atoms with E-state index in [0.717, 1.165) is 0 Å². The van der Waals surface area contributed by atoms with Crippen molar-refractivity contribution in [2.75, 3.05) is 6.61 Å². The molecule has 0 spiro atoms. The van der Waals surface area contributed by atoms with Crippen LogP contribution in [-0.2, 0) is 18.7 Å². The van der Waals surface area contributed by atoms with Crippen LogP contribution in [0.4, 0.5) is 4.39 Å². The first-order valence-corrected chi connectivity index (χ1v) is 12.4. The lowest BCUT2D eigenvalue weighted by molar-refractivity contribution is -0.219. The number of rotatable bonds is 4. The predicted octanol–water partition coefficient (Wildman–Crippen LogP) is 2.01. The molecule has 0 radical (unpaired) electrons. The third kappa shape index (κ3) is 2.95. The molecule has 4 aliphatic carbocycles. The minimum Gasteiger partial charge on any atom is -0.390 e. The number of aliphatic hydroxyl groups is 2. The molecule has 4 rings (SSSR count). The number of halogens is 1. The number of Topliss-reactive ketones (excluding diaryl/α,β-unsaturated/α-hetero) is 1. The summed E-state index contributed by atoms with van der Waals surface area (Å²) >= 11 is 0. The molecule has 0 bridgehead atoms. The van der Waals surface area contributed by atoms with Gasteiger partial charge >= 0.3 is 7.82 Å². The van der Waals surface area contributed by atoms with E-state index in [2.05, 4.69) is 4.52 Å². The summed E-state index contributed by atoms with van der Waals surface area (Å²) in [5, 5.41) is 22.8. The molecule has 0 aromatic carbocycles. The quantitative estimate of drug-likeness (QED) is 0.456. The van der Waals surface area contributed by atoms with E-state index in [1.165, 1.54) is 18.2 Å². The summed E-state index contributed by atoms with van der Waals surface area (Å²) in [6, 6.07) is 0. The van der Waals surface area contributed by atoms with Gasteiger partial charge in [-0.25, -0.2) is 8.96 Å². The average Bonchev–Trinajstić information content (AvgIpc) is 2.89. The molecular weight excluding hydrogens is 442 g/mol. The Kier molecular flexibility index (Phi) is 5.34. The third-order valence-corrected chi connectivity index (χ3v) is 9.48. The standard InChI is InChI=1S/C22H30FO8P/c1-12-8-16-15-5-4-13-9-14(24)6-7-19(13,2)21(15,23)17(25)10-20(16,3)22(12,27)18(26)11-31-32(28,29)30/h6-7,9,12,15-17,25,27H,4-5,8,10-11H2,1-3H3,(H2,28,29,30)/t12?,15?,16?,17?,19?,20?,21-,22-/m0/s1. The van der Waals surface area contributed by atoms with Gasteiger partial charge in [0.05, 0.1) is 6.10 Å². The van der Waals surface area contributed by atoms with Gasteiger partial charge in [0.1, 0.15) is 12.2 Å². The highest BCUT2D eigenvalue weighted by Crippen LogP contribution is 2.70. The third-order valence-electron chi connectivity index (χ3n) is 9.01. The molecule has 0 heterocycles. The van der Waals surface area contributed by atoms with Crippen molar-refractivity contribution in [1.82, 2.24) is 0 Å². The Morgan fingerprint density at radius 3 is 2.59 bits per heavy atom. The van der Waals surface area contributed by atoms with Gasteiger partial charge in [-0.15, -0.1) is 0 Å². The summed E-state index contributed by atoms with van der Waals surface area (Å²) in [5.41, 5.74) is -5.88. The highest BCUT2D eigenvalue weighted by Gasteiger charge is 2.75. The zero-order valence-corrected chi connectivity index (χ0v) is 19.2. The van der Waals surface area contributed by atoms with Crippen LogP contribution in [0.25, 0.3) is 0 Å². The van der Waals surface area contributed by atoms with E-state index in [9.17, 15) is 24.4 Å². The predicted molar refractivity (Wildman–Crippen MR) is 111 cm³/mol. The van der Waals surface area contributed by atoms with Gasteiger partial charge in [-0.05, 0) is 56.6 Å². The van der Waals surface area contributed by atoms with Crippen LogP contribution in [0.3, 0.4) is 0 Å². The van der Waals surface area contributed by atoms with Crippen molar-refractivity contribution in [1.29, 1.82) is 0 Å². The Morgan fingerprint density at radius 2 is 1.97 bits per heavy atom. The second-order valence-electron chi connectivity index (χ2n) is 10.4. The number of carbonyl (C=O) groups is 2. The van der Waals surface area contributed by atoms with Crippen molar-refractivity contribution < 1.29 is 43.1 Å². The molecule has 0 aromatic heterocycles. The Bertz CT molecular complexity index is 973. The molecule has 32 heavy (non-hydrogen) atoms. The van der Waals surface area contributed by atoms with E-state index in [1.807, 2.05) is 0 Å². The number of allylic oxidation sites excluding steroid dienone is 4. The molecule has 0 amide bonds. The number of carbonyl (C=O) groups excluding carboxylic acids is 2. The summed E-state index contributed by atoms with van der Waals surface area (Å²) in [6.45, 7) is 4.00. The molecule has 4 N–H and O–H groups in total. The number of phosphoric ester groups is 1. The molecule has 10 heteroatoms. The van der Waals surface area contributed by atoms with Gasteiger partial charge < -0.3 is 20.0 Å². The second-order valence-corrected chi connectivity index (χ2v) is 11.6. The Balaban J connectivity index is 1.74. The van der Waals surface area contributed by atoms with Crippen LogP contribution in [0.2, 0.25) is 0 Å². The van der Waals surface area contributed by atoms with Gasteiger partial charge in [-0.2, -0.15) is 0 Å². The minimum absolute atomic E-state index is 0.211. The van der Waals surface area contributed by atoms with Crippen LogP contribution in [0, 0.1) is 28.6 Å². The molecule has 3 fully saturated rings. The highest BCUT2D eigenvalue weighted by atomic mass is 31.2.